The van der Waals surface area contributed by atoms with Gasteiger partial charge in [0.1, 0.15) is 17.6 Å². The molecule has 3 heterocycles. The number of aromatic nitrogens is 4. The number of hydrogen-bond donors (Lipinski definition) is 1. The van der Waals surface area contributed by atoms with Crippen LogP contribution in [0.25, 0.3) is 17.3 Å². The minimum Gasteiger partial charge on any atom is -0.309 e. The number of rotatable bonds is 4. The van der Waals surface area contributed by atoms with Crippen molar-refractivity contribution in [1.82, 2.24) is 24.9 Å². The quantitative estimate of drug-likeness (QED) is 0.764. The second-order valence-corrected chi connectivity index (χ2v) is 6.28. The van der Waals surface area contributed by atoms with E-state index in [1.54, 1.807) is 31.4 Å². The molecule has 4 rings (SSSR count). The lowest BCUT2D eigenvalue weighted by Gasteiger charge is -2.39. The Bertz CT molecular complexity index is 969. The third-order valence-corrected chi connectivity index (χ3v) is 4.77. The number of fused-ring (bicyclic) bond motifs is 1. The molecule has 1 unspecified atom stereocenters. The van der Waals surface area contributed by atoms with Crippen molar-refractivity contribution in [1.29, 1.82) is 0 Å². The Morgan fingerprint density at radius 1 is 1.19 bits per heavy atom. The minimum absolute atomic E-state index is 0.0169. The molecule has 1 N–H and O–H groups in total. The fourth-order valence-electron chi connectivity index (χ4n) is 3.37. The number of amides is 1. The summed E-state index contributed by atoms with van der Waals surface area (Å²) in [6.45, 7) is 1.98. The van der Waals surface area contributed by atoms with Gasteiger partial charge in [-0.2, -0.15) is 4.98 Å². The monoisotopic (exact) mass is 363 g/mol. The number of carbonyl (C=O) groups excluding carboxylic acids is 1. The summed E-state index contributed by atoms with van der Waals surface area (Å²) < 4.78 is 1.85. The first-order valence-corrected chi connectivity index (χ1v) is 8.86. The second-order valence-electron chi connectivity index (χ2n) is 6.28. The van der Waals surface area contributed by atoms with E-state index in [4.69, 9.17) is 4.98 Å². The smallest absolute Gasteiger partial charge is 0.251 e. The molecule has 1 aromatic carbocycles. The number of hydrogen-bond acceptors (Lipinski definition) is 6. The molecule has 3 aromatic rings. The van der Waals surface area contributed by atoms with Gasteiger partial charge in [0.05, 0.1) is 6.20 Å². The molecule has 2 aromatic heterocycles. The van der Waals surface area contributed by atoms with Crippen LogP contribution in [0.1, 0.15) is 13.3 Å². The molecule has 1 aliphatic rings. The predicted octanol–water partition coefficient (Wildman–Crippen LogP) is 2.03. The average molecular weight is 363 g/mol. The van der Waals surface area contributed by atoms with Crippen molar-refractivity contribution in [2.24, 2.45) is 0 Å². The molecule has 1 amide bonds. The first-order chi connectivity index (χ1) is 13.2. The molecule has 0 saturated carbocycles. The van der Waals surface area contributed by atoms with E-state index in [0.717, 1.165) is 11.4 Å². The fourth-order valence-corrected chi connectivity index (χ4v) is 3.37. The Balaban J connectivity index is 1.83. The summed E-state index contributed by atoms with van der Waals surface area (Å²) in [5.41, 5.74) is 4.75. The van der Waals surface area contributed by atoms with Crippen LogP contribution in [0, 0.1) is 0 Å². The predicted molar refractivity (Wildman–Crippen MR) is 104 cm³/mol. The summed E-state index contributed by atoms with van der Waals surface area (Å²) in [6.07, 6.45) is 5.91. The average Bonchev–Trinajstić information content (AvgIpc) is 3.20. The van der Waals surface area contributed by atoms with Crippen LogP contribution in [0.5, 0.6) is 0 Å². The summed E-state index contributed by atoms with van der Waals surface area (Å²) in [5, 5.41) is 1.81. The third-order valence-electron chi connectivity index (χ3n) is 4.77. The summed E-state index contributed by atoms with van der Waals surface area (Å²) in [7, 11) is 3.55. The second kappa shape index (κ2) is 6.81. The van der Waals surface area contributed by atoms with Gasteiger partial charge in [-0.3, -0.25) is 14.4 Å². The lowest BCUT2D eigenvalue weighted by molar-refractivity contribution is -0.120. The van der Waals surface area contributed by atoms with Crippen LogP contribution in [0.4, 0.5) is 11.5 Å². The van der Waals surface area contributed by atoms with Gasteiger partial charge in [0.25, 0.3) is 5.91 Å². The molecule has 0 bridgehead atoms. The zero-order chi connectivity index (χ0) is 19.0. The van der Waals surface area contributed by atoms with Gasteiger partial charge in [-0.15, -0.1) is 0 Å². The maximum Gasteiger partial charge on any atom is 0.251 e. The number of benzene rings is 1. The molecule has 0 radical (unpaired) electrons. The number of carbonyl (C=O) groups is 1. The summed E-state index contributed by atoms with van der Waals surface area (Å²) >= 11 is 0. The van der Waals surface area contributed by atoms with Crippen LogP contribution in [0.3, 0.4) is 0 Å². The first kappa shape index (κ1) is 17.2. The zero-order valence-corrected chi connectivity index (χ0v) is 15.5. The van der Waals surface area contributed by atoms with Crippen molar-refractivity contribution in [3.63, 3.8) is 0 Å². The van der Waals surface area contributed by atoms with E-state index in [2.05, 4.69) is 15.4 Å². The summed E-state index contributed by atoms with van der Waals surface area (Å²) in [5.74, 6) is 1.95. The van der Waals surface area contributed by atoms with E-state index in [0.29, 0.717) is 23.9 Å². The van der Waals surface area contributed by atoms with E-state index in [1.807, 2.05) is 53.0 Å². The Labute approximate surface area is 157 Å². The van der Waals surface area contributed by atoms with Gasteiger partial charge in [0.15, 0.2) is 5.82 Å². The van der Waals surface area contributed by atoms with Crippen LogP contribution in [0.2, 0.25) is 0 Å². The minimum atomic E-state index is -0.313. The normalized spacial score (nSPS) is 16.6. The summed E-state index contributed by atoms with van der Waals surface area (Å²) in [4.78, 5) is 27.9. The zero-order valence-electron chi connectivity index (χ0n) is 15.5. The van der Waals surface area contributed by atoms with Crippen molar-refractivity contribution in [2.75, 3.05) is 24.0 Å². The number of anilines is 2. The molecular formula is C19H21N7O. The van der Waals surface area contributed by atoms with E-state index in [-0.39, 0.29) is 11.9 Å². The molecule has 1 atom stereocenters. The SMILES string of the molecule is CCC1C(=O)N(C)c2cnc(-n3ccnc3-c3ccccc3)nc2N1NC. The lowest BCUT2D eigenvalue weighted by atomic mass is 10.1. The summed E-state index contributed by atoms with van der Waals surface area (Å²) in [6, 6.07) is 9.59. The van der Waals surface area contributed by atoms with Crippen molar-refractivity contribution >= 4 is 17.4 Å². The van der Waals surface area contributed by atoms with Crippen molar-refractivity contribution in [3.05, 3.63) is 48.9 Å². The molecule has 8 heteroatoms. The van der Waals surface area contributed by atoms with Gasteiger partial charge in [-0.25, -0.2) is 15.4 Å². The van der Waals surface area contributed by atoms with E-state index >= 15 is 0 Å². The molecule has 138 valence electrons. The van der Waals surface area contributed by atoms with Crippen LogP contribution in [-0.2, 0) is 4.79 Å². The maximum absolute atomic E-state index is 12.6. The van der Waals surface area contributed by atoms with Gasteiger partial charge in [0, 0.05) is 32.1 Å². The van der Waals surface area contributed by atoms with Crippen molar-refractivity contribution in [3.8, 4) is 17.3 Å². The molecule has 0 fully saturated rings. The largest absolute Gasteiger partial charge is 0.309 e. The van der Waals surface area contributed by atoms with Crippen molar-refractivity contribution < 1.29 is 4.79 Å². The number of likely N-dealkylation sites (N-methyl/N-ethyl adjacent to an activating group) is 1. The van der Waals surface area contributed by atoms with Crippen LogP contribution in [-0.4, -0.2) is 45.6 Å². The Morgan fingerprint density at radius 3 is 2.67 bits per heavy atom. The molecule has 0 spiro atoms. The molecule has 0 saturated heterocycles. The molecular weight excluding hydrogens is 342 g/mol. The van der Waals surface area contributed by atoms with E-state index in [1.165, 1.54) is 0 Å². The Morgan fingerprint density at radius 2 is 1.96 bits per heavy atom. The van der Waals surface area contributed by atoms with Crippen LogP contribution in [0.15, 0.2) is 48.9 Å². The topological polar surface area (TPSA) is 79.2 Å². The fraction of sp³-hybridized carbons (Fsp3) is 0.263. The maximum atomic E-state index is 12.6. The van der Waals surface area contributed by atoms with Crippen LogP contribution >= 0.6 is 0 Å². The molecule has 8 nitrogen and oxygen atoms in total. The highest BCUT2D eigenvalue weighted by Crippen LogP contribution is 2.33. The Hall–Kier alpha value is -3.26. The number of nitrogens with zero attached hydrogens (tertiary/aromatic N) is 6. The first-order valence-electron chi connectivity index (χ1n) is 8.86. The molecule has 1 aliphatic heterocycles. The number of nitrogens with one attached hydrogen (secondary N) is 1. The molecule has 27 heavy (non-hydrogen) atoms. The van der Waals surface area contributed by atoms with Gasteiger partial charge in [0.2, 0.25) is 5.95 Å². The highest BCUT2D eigenvalue weighted by atomic mass is 16.2. The van der Waals surface area contributed by atoms with Gasteiger partial charge < -0.3 is 4.90 Å². The van der Waals surface area contributed by atoms with Gasteiger partial charge in [-0.05, 0) is 6.42 Å². The highest BCUT2D eigenvalue weighted by molar-refractivity contribution is 6.04. The highest BCUT2D eigenvalue weighted by Gasteiger charge is 2.36. The number of hydrazine groups is 1. The Kier molecular flexibility index (Phi) is 4.33. The number of imidazole rings is 1. The standard InChI is InChI=1S/C19H21N7O/c1-4-14-18(27)24(3)15-12-22-19(23-17(15)26(14)20-2)25-11-10-21-16(25)13-8-6-5-7-9-13/h5-12,14,20H,4H2,1-3H3. The lowest BCUT2D eigenvalue weighted by Crippen LogP contribution is -2.56. The van der Waals surface area contributed by atoms with Crippen LogP contribution < -0.4 is 15.3 Å². The van der Waals surface area contributed by atoms with Crippen molar-refractivity contribution in [2.45, 2.75) is 19.4 Å². The van der Waals surface area contributed by atoms with Gasteiger partial charge in [-0.1, -0.05) is 37.3 Å². The van der Waals surface area contributed by atoms with E-state index < -0.39 is 0 Å². The molecule has 0 aliphatic carbocycles. The van der Waals surface area contributed by atoms with E-state index in [9.17, 15) is 4.79 Å². The third kappa shape index (κ3) is 2.74. The van der Waals surface area contributed by atoms with Gasteiger partial charge >= 0.3 is 0 Å².